The number of rotatable bonds is 4. The van der Waals surface area contributed by atoms with Gasteiger partial charge in [0.25, 0.3) is 5.91 Å². The quantitative estimate of drug-likeness (QED) is 0.771. The molecule has 0 saturated carbocycles. The van der Waals surface area contributed by atoms with Crippen molar-refractivity contribution in [1.29, 1.82) is 0 Å². The van der Waals surface area contributed by atoms with E-state index in [-0.39, 0.29) is 30.5 Å². The molecular weight excluding hydrogens is 314 g/mol. The molecule has 2 saturated heterocycles. The number of hydrogen-bond acceptors (Lipinski definition) is 5. The van der Waals surface area contributed by atoms with Crippen molar-refractivity contribution in [2.75, 3.05) is 31.8 Å². The van der Waals surface area contributed by atoms with E-state index >= 15 is 0 Å². The lowest BCUT2D eigenvalue weighted by Crippen LogP contribution is -2.50. The summed E-state index contributed by atoms with van der Waals surface area (Å²) in [6.07, 6.45) is 0.666. The monoisotopic (exact) mass is 333 g/mol. The third-order valence-corrected chi connectivity index (χ3v) is 4.15. The highest BCUT2D eigenvalue weighted by molar-refractivity contribution is 6.12. The van der Waals surface area contributed by atoms with Gasteiger partial charge in [0.15, 0.2) is 0 Å². The number of benzene rings is 1. The van der Waals surface area contributed by atoms with E-state index in [0.717, 1.165) is 6.42 Å². The minimum Gasteiger partial charge on any atom is -0.379 e. The minimum atomic E-state index is -0.459. The zero-order valence-electron chi connectivity index (χ0n) is 13.3. The van der Waals surface area contributed by atoms with Crippen molar-refractivity contribution >= 4 is 23.5 Å². The Morgan fingerprint density at radius 3 is 2.71 bits per heavy atom. The Balaban J connectivity index is 1.65. The van der Waals surface area contributed by atoms with E-state index in [1.54, 1.807) is 31.4 Å². The first-order valence-electron chi connectivity index (χ1n) is 7.71. The minimum absolute atomic E-state index is 0.0146. The van der Waals surface area contributed by atoms with Crippen LogP contribution < -0.4 is 15.5 Å². The van der Waals surface area contributed by atoms with Gasteiger partial charge in [0.05, 0.1) is 18.8 Å². The second kappa shape index (κ2) is 6.98. The van der Waals surface area contributed by atoms with Gasteiger partial charge in [-0.1, -0.05) is 0 Å². The SMILES string of the molecule is CO[C@@H]1CCOC[C@H]1NC(=O)c1ccc(N2CC(=O)NC2=O)cc1. The Morgan fingerprint density at radius 1 is 1.33 bits per heavy atom. The van der Waals surface area contributed by atoms with E-state index in [0.29, 0.717) is 24.5 Å². The number of methoxy groups -OCH3 is 1. The molecule has 4 amide bonds. The van der Waals surface area contributed by atoms with Crippen LogP contribution in [0.5, 0.6) is 0 Å². The predicted molar refractivity (Wildman–Crippen MR) is 84.8 cm³/mol. The Morgan fingerprint density at radius 2 is 2.08 bits per heavy atom. The van der Waals surface area contributed by atoms with Crippen LogP contribution in [-0.4, -0.2) is 56.9 Å². The number of amides is 4. The summed E-state index contributed by atoms with van der Waals surface area (Å²) in [5.74, 6) is -0.578. The molecule has 2 atom stereocenters. The highest BCUT2D eigenvalue weighted by atomic mass is 16.5. The topological polar surface area (TPSA) is 97.0 Å². The highest BCUT2D eigenvalue weighted by Crippen LogP contribution is 2.18. The van der Waals surface area contributed by atoms with E-state index in [2.05, 4.69) is 10.6 Å². The molecule has 0 unspecified atom stereocenters. The molecule has 1 aromatic rings. The van der Waals surface area contributed by atoms with Crippen molar-refractivity contribution in [2.45, 2.75) is 18.6 Å². The molecule has 1 aromatic carbocycles. The van der Waals surface area contributed by atoms with Gasteiger partial charge >= 0.3 is 6.03 Å². The normalized spacial score (nSPS) is 24.0. The standard InChI is InChI=1S/C16H19N3O5/c1-23-13-6-7-24-9-12(13)17-15(21)10-2-4-11(5-3-10)19-8-14(20)18-16(19)22/h2-5,12-13H,6-9H2,1H3,(H,17,21)(H,18,20,22)/t12-,13-/m1/s1. The summed E-state index contributed by atoms with van der Waals surface area (Å²) < 4.78 is 10.8. The van der Waals surface area contributed by atoms with Gasteiger partial charge in [-0.2, -0.15) is 0 Å². The molecule has 24 heavy (non-hydrogen) atoms. The average molecular weight is 333 g/mol. The molecule has 8 heteroatoms. The second-order valence-electron chi connectivity index (χ2n) is 5.70. The molecule has 2 heterocycles. The fraction of sp³-hybridized carbons (Fsp3) is 0.438. The highest BCUT2D eigenvalue weighted by Gasteiger charge is 2.29. The second-order valence-corrected chi connectivity index (χ2v) is 5.70. The summed E-state index contributed by atoms with van der Waals surface area (Å²) in [7, 11) is 1.62. The Hall–Kier alpha value is -2.45. The maximum Gasteiger partial charge on any atom is 0.329 e. The lowest BCUT2D eigenvalue weighted by molar-refractivity contribution is -0.117. The van der Waals surface area contributed by atoms with Gasteiger partial charge in [-0.3, -0.25) is 19.8 Å². The van der Waals surface area contributed by atoms with E-state index in [4.69, 9.17) is 9.47 Å². The number of urea groups is 1. The summed E-state index contributed by atoms with van der Waals surface area (Å²) >= 11 is 0. The molecular formula is C16H19N3O5. The zero-order valence-corrected chi connectivity index (χ0v) is 13.3. The van der Waals surface area contributed by atoms with Crippen LogP contribution in [0.25, 0.3) is 0 Å². The summed E-state index contributed by atoms with van der Waals surface area (Å²) in [5.41, 5.74) is 1.02. The van der Waals surface area contributed by atoms with Crippen LogP contribution in [0.2, 0.25) is 0 Å². The maximum atomic E-state index is 12.4. The lowest BCUT2D eigenvalue weighted by Gasteiger charge is -2.31. The largest absolute Gasteiger partial charge is 0.379 e. The van der Waals surface area contributed by atoms with E-state index in [9.17, 15) is 14.4 Å². The fourth-order valence-corrected chi connectivity index (χ4v) is 2.83. The van der Waals surface area contributed by atoms with Crippen molar-refractivity contribution in [3.05, 3.63) is 29.8 Å². The van der Waals surface area contributed by atoms with Crippen LogP contribution in [0, 0.1) is 0 Å². The van der Waals surface area contributed by atoms with E-state index in [1.807, 2.05) is 0 Å². The first kappa shape index (κ1) is 16.4. The fourth-order valence-electron chi connectivity index (χ4n) is 2.83. The molecule has 0 aliphatic carbocycles. The molecule has 8 nitrogen and oxygen atoms in total. The lowest BCUT2D eigenvalue weighted by atomic mass is 10.1. The van der Waals surface area contributed by atoms with Crippen molar-refractivity contribution in [3.63, 3.8) is 0 Å². The number of nitrogens with zero attached hydrogens (tertiary/aromatic N) is 1. The third kappa shape index (κ3) is 3.39. The third-order valence-electron chi connectivity index (χ3n) is 4.15. The van der Waals surface area contributed by atoms with Crippen LogP contribution in [0.15, 0.2) is 24.3 Å². The van der Waals surface area contributed by atoms with Gasteiger partial charge in [-0.25, -0.2) is 4.79 Å². The number of imide groups is 1. The molecule has 0 aromatic heterocycles. The number of carbonyl (C=O) groups is 3. The predicted octanol–water partition coefficient (Wildman–Crippen LogP) is 0.276. The van der Waals surface area contributed by atoms with Crippen molar-refractivity contribution < 1.29 is 23.9 Å². The van der Waals surface area contributed by atoms with Crippen LogP contribution in [0.4, 0.5) is 10.5 Å². The van der Waals surface area contributed by atoms with Crippen LogP contribution in [0.3, 0.4) is 0 Å². The maximum absolute atomic E-state index is 12.4. The first-order chi connectivity index (χ1) is 11.6. The van der Waals surface area contributed by atoms with E-state index < -0.39 is 6.03 Å². The van der Waals surface area contributed by atoms with Crippen LogP contribution in [-0.2, 0) is 14.3 Å². The number of ether oxygens (including phenoxy) is 2. The van der Waals surface area contributed by atoms with Crippen molar-refractivity contribution in [3.8, 4) is 0 Å². The van der Waals surface area contributed by atoms with Gasteiger partial charge < -0.3 is 14.8 Å². The Kier molecular flexibility index (Phi) is 4.77. The smallest absolute Gasteiger partial charge is 0.329 e. The summed E-state index contributed by atoms with van der Waals surface area (Å²) in [6, 6.07) is 5.85. The van der Waals surface area contributed by atoms with Gasteiger partial charge in [-0.15, -0.1) is 0 Å². The summed E-state index contributed by atoms with van der Waals surface area (Å²) in [6.45, 7) is 1.02. The Bertz CT molecular complexity index is 646. The van der Waals surface area contributed by atoms with Gasteiger partial charge in [0, 0.05) is 25.0 Å². The van der Waals surface area contributed by atoms with Crippen molar-refractivity contribution in [2.24, 2.45) is 0 Å². The molecule has 2 aliphatic rings. The number of anilines is 1. The molecule has 0 spiro atoms. The first-order valence-corrected chi connectivity index (χ1v) is 7.71. The van der Waals surface area contributed by atoms with Crippen LogP contribution in [0.1, 0.15) is 16.8 Å². The molecule has 3 rings (SSSR count). The molecule has 2 fully saturated rings. The Labute approximate surface area is 139 Å². The number of nitrogens with one attached hydrogen (secondary N) is 2. The molecule has 0 radical (unpaired) electrons. The molecule has 2 N–H and O–H groups in total. The molecule has 2 aliphatic heterocycles. The van der Waals surface area contributed by atoms with Gasteiger partial charge in [0.2, 0.25) is 5.91 Å². The number of carbonyl (C=O) groups excluding carboxylic acids is 3. The molecule has 128 valence electrons. The van der Waals surface area contributed by atoms with Crippen molar-refractivity contribution in [1.82, 2.24) is 10.6 Å². The summed E-state index contributed by atoms with van der Waals surface area (Å²) in [4.78, 5) is 36.5. The number of hydrogen-bond donors (Lipinski definition) is 2. The van der Waals surface area contributed by atoms with Gasteiger partial charge in [0.1, 0.15) is 6.54 Å². The van der Waals surface area contributed by atoms with Crippen LogP contribution >= 0.6 is 0 Å². The average Bonchev–Trinajstić information content (AvgIpc) is 2.94. The summed E-state index contributed by atoms with van der Waals surface area (Å²) in [5, 5.41) is 5.11. The zero-order chi connectivity index (χ0) is 17.1. The van der Waals surface area contributed by atoms with Gasteiger partial charge in [-0.05, 0) is 30.7 Å². The molecule has 0 bridgehead atoms. The van der Waals surface area contributed by atoms with E-state index in [1.165, 1.54) is 4.90 Å².